The monoisotopic (exact) mass is 473 g/mol. The van der Waals surface area contributed by atoms with Crippen LogP contribution in [0.4, 0.5) is 0 Å². The molecule has 2 aromatic carbocycles. The SMILES string of the molecule is CCC(=O)NC1c2c3cccc2C(=O)c2cccc(c21)OCCOCCOCCOCCO3.O. The Morgan fingerprint density at radius 3 is 1.68 bits per heavy atom. The maximum atomic E-state index is 13.4. The minimum atomic E-state index is -0.582. The second-order valence-electron chi connectivity index (χ2n) is 7.65. The van der Waals surface area contributed by atoms with Gasteiger partial charge in [-0.2, -0.15) is 0 Å². The van der Waals surface area contributed by atoms with Gasteiger partial charge in [-0.1, -0.05) is 31.2 Å². The summed E-state index contributed by atoms with van der Waals surface area (Å²) in [6.07, 6.45) is 0.310. The first-order chi connectivity index (χ1) is 16.2. The fourth-order valence-corrected chi connectivity index (χ4v) is 3.99. The first kappa shape index (κ1) is 25.6. The van der Waals surface area contributed by atoms with Crippen molar-refractivity contribution in [3.05, 3.63) is 58.7 Å². The van der Waals surface area contributed by atoms with E-state index in [4.69, 9.17) is 23.7 Å². The Morgan fingerprint density at radius 1 is 0.794 bits per heavy atom. The molecule has 2 aromatic rings. The van der Waals surface area contributed by atoms with E-state index in [1.54, 1.807) is 43.3 Å². The molecule has 0 saturated carbocycles. The lowest BCUT2D eigenvalue weighted by Crippen LogP contribution is -2.34. The standard InChI is InChI=1S/C25H29NO7.H2O/c1-2-21(27)26-24-22-17-5-3-7-19(22)32-15-13-30-11-9-29-10-12-31-14-16-33-20-8-4-6-18(23(20)24)25(17)28;/h3-8,24H,2,9-16H2,1H3,(H,26,27);1H2. The fraction of sp³-hybridized carbons (Fsp3) is 0.440. The zero-order chi connectivity index (χ0) is 23.0. The molecule has 9 nitrogen and oxygen atoms in total. The summed E-state index contributed by atoms with van der Waals surface area (Å²) in [6.45, 7) is 4.96. The van der Waals surface area contributed by atoms with Gasteiger partial charge in [0.1, 0.15) is 24.7 Å². The van der Waals surface area contributed by atoms with Crippen LogP contribution in [-0.4, -0.2) is 70.0 Å². The molecule has 0 atom stereocenters. The molecule has 1 aliphatic heterocycles. The predicted octanol–water partition coefficient (Wildman–Crippen LogP) is 1.84. The molecular formula is C25H31NO8. The van der Waals surface area contributed by atoms with Crippen molar-refractivity contribution in [1.82, 2.24) is 5.32 Å². The van der Waals surface area contributed by atoms with Crippen LogP contribution in [-0.2, 0) is 19.0 Å². The van der Waals surface area contributed by atoms with E-state index in [1.807, 2.05) is 0 Å². The summed E-state index contributed by atoms with van der Waals surface area (Å²) in [7, 11) is 0. The third-order valence-corrected chi connectivity index (χ3v) is 5.54. The van der Waals surface area contributed by atoms with E-state index in [2.05, 4.69) is 5.32 Å². The highest BCUT2D eigenvalue weighted by atomic mass is 16.6. The van der Waals surface area contributed by atoms with Gasteiger partial charge in [-0.05, 0) is 12.1 Å². The molecule has 0 spiro atoms. The third kappa shape index (κ3) is 5.74. The number of amides is 1. The lowest BCUT2D eigenvalue weighted by atomic mass is 9.80. The summed E-state index contributed by atoms with van der Waals surface area (Å²) in [5.41, 5.74) is 2.28. The highest BCUT2D eigenvalue weighted by Crippen LogP contribution is 2.44. The van der Waals surface area contributed by atoms with Gasteiger partial charge in [-0.25, -0.2) is 0 Å². The van der Waals surface area contributed by atoms with Crippen molar-refractivity contribution in [1.29, 1.82) is 0 Å². The van der Waals surface area contributed by atoms with Gasteiger partial charge in [0.2, 0.25) is 5.91 Å². The smallest absolute Gasteiger partial charge is 0.220 e. The van der Waals surface area contributed by atoms with E-state index >= 15 is 0 Å². The van der Waals surface area contributed by atoms with E-state index in [0.717, 1.165) is 0 Å². The van der Waals surface area contributed by atoms with Crippen molar-refractivity contribution in [3.8, 4) is 11.5 Å². The third-order valence-electron chi connectivity index (χ3n) is 5.54. The first-order valence-corrected chi connectivity index (χ1v) is 11.3. The Hall–Kier alpha value is -2.98. The Labute approximate surface area is 198 Å². The number of nitrogens with one attached hydrogen (secondary N) is 1. The Morgan fingerprint density at radius 2 is 1.24 bits per heavy atom. The van der Waals surface area contributed by atoms with Crippen molar-refractivity contribution in [2.24, 2.45) is 0 Å². The molecule has 3 N–H and O–H groups in total. The van der Waals surface area contributed by atoms with Crippen LogP contribution in [0.1, 0.15) is 46.4 Å². The van der Waals surface area contributed by atoms with Crippen LogP contribution in [0.3, 0.4) is 0 Å². The molecule has 9 heteroatoms. The molecule has 4 rings (SSSR count). The topological polar surface area (TPSA) is 124 Å². The molecule has 0 radical (unpaired) electrons. The molecule has 34 heavy (non-hydrogen) atoms. The molecule has 1 aliphatic carbocycles. The molecule has 0 fully saturated rings. The summed E-state index contributed by atoms with van der Waals surface area (Å²) in [4.78, 5) is 25.9. The molecule has 184 valence electrons. The van der Waals surface area contributed by atoms with Crippen LogP contribution in [0.2, 0.25) is 0 Å². The summed E-state index contributed by atoms with van der Waals surface area (Å²) in [6, 6.07) is 10.1. The van der Waals surface area contributed by atoms with Gasteiger partial charge >= 0.3 is 0 Å². The molecule has 0 aromatic heterocycles. The molecular weight excluding hydrogens is 442 g/mol. The molecule has 1 heterocycles. The number of carbonyl (C=O) groups excluding carboxylic acids is 2. The Kier molecular flexibility index (Phi) is 9.41. The number of carbonyl (C=O) groups is 2. The van der Waals surface area contributed by atoms with Crippen LogP contribution < -0.4 is 14.8 Å². The van der Waals surface area contributed by atoms with Gasteiger partial charge in [-0.15, -0.1) is 0 Å². The largest absolute Gasteiger partial charge is 0.491 e. The minimum absolute atomic E-state index is 0. The van der Waals surface area contributed by atoms with Gasteiger partial charge in [0, 0.05) is 28.7 Å². The number of ketones is 1. The highest BCUT2D eigenvalue weighted by molar-refractivity contribution is 6.13. The van der Waals surface area contributed by atoms with Crippen LogP contribution in [0.25, 0.3) is 0 Å². The zero-order valence-corrected chi connectivity index (χ0v) is 19.3. The number of rotatable bonds is 2. The van der Waals surface area contributed by atoms with E-state index < -0.39 is 6.04 Å². The predicted molar refractivity (Wildman–Crippen MR) is 124 cm³/mol. The van der Waals surface area contributed by atoms with Crippen LogP contribution in [0.15, 0.2) is 36.4 Å². The molecule has 0 saturated heterocycles. The van der Waals surface area contributed by atoms with Gasteiger partial charge < -0.3 is 34.5 Å². The lowest BCUT2D eigenvalue weighted by molar-refractivity contribution is -0.121. The summed E-state index contributed by atoms with van der Waals surface area (Å²) >= 11 is 0. The summed E-state index contributed by atoms with van der Waals surface area (Å²) < 4.78 is 28.7. The maximum absolute atomic E-state index is 13.4. The fourth-order valence-electron chi connectivity index (χ4n) is 3.99. The average Bonchev–Trinajstić information content (AvgIpc) is 2.83. The maximum Gasteiger partial charge on any atom is 0.220 e. The lowest BCUT2D eigenvalue weighted by Gasteiger charge is -2.31. The van der Waals surface area contributed by atoms with Crippen molar-refractivity contribution in [2.45, 2.75) is 19.4 Å². The normalized spacial score (nSPS) is 17.3. The van der Waals surface area contributed by atoms with Crippen LogP contribution in [0, 0.1) is 0 Å². The van der Waals surface area contributed by atoms with Crippen molar-refractivity contribution in [2.75, 3.05) is 52.9 Å². The molecule has 0 unspecified atom stereocenters. The highest BCUT2D eigenvalue weighted by Gasteiger charge is 2.36. The zero-order valence-electron chi connectivity index (χ0n) is 19.3. The Bertz CT molecular complexity index is 925. The van der Waals surface area contributed by atoms with Crippen LogP contribution in [0.5, 0.6) is 11.5 Å². The van der Waals surface area contributed by atoms with Crippen molar-refractivity contribution < 1.29 is 38.7 Å². The van der Waals surface area contributed by atoms with E-state index in [0.29, 0.717) is 93.0 Å². The molecule has 2 bridgehead atoms. The van der Waals surface area contributed by atoms with E-state index in [9.17, 15) is 9.59 Å². The molecule has 2 aliphatic rings. The molecule has 1 amide bonds. The van der Waals surface area contributed by atoms with Gasteiger partial charge in [0.05, 0.1) is 45.7 Å². The van der Waals surface area contributed by atoms with Crippen molar-refractivity contribution in [3.63, 3.8) is 0 Å². The van der Waals surface area contributed by atoms with E-state index in [1.165, 1.54) is 0 Å². The van der Waals surface area contributed by atoms with Gasteiger partial charge in [-0.3, -0.25) is 9.59 Å². The van der Waals surface area contributed by atoms with Crippen molar-refractivity contribution >= 4 is 11.7 Å². The summed E-state index contributed by atoms with van der Waals surface area (Å²) in [5.74, 6) is 0.806. The number of hydrogen-bond acceptors (Lipinski definition) is 7. The van der Waals surface area contributed by atoms with Crippen LogP contribution >= 0.6 is 0 Å². The quantitative estimate of drug-likeness (QED) is 0.706. The van der Waals surface area contributed by atoms with Gasteiger partial charge in [0.15, 0.2) is 5.78 Å². The Balaban J connectivity index is 0.00000324. The van der Waals surface area contributed by atoms with E-state index in [-0.39, 0.29) is 17.2 Å². The average molecular weight is 474 g/mol. The second-order valence-corrected chi connectivity index (χ2v) is 7.65. The van der Waals surface area contributed by atoms with Gasteiger partial charge in [0.25, 0.3) is 0 Å². The summed E-state index contributed by atoms with van der Waals surface area (Å²) in [5, 5.41) is 3.07. The number of ether oxygens (including phenoxy) is 5. The second kappa shape index (κ2) is 12.5. The minimum Gasteiger partial charge on any atom is -0.491 e. The first-order valence-electron chi connectivity index (χ1n) is 11.3. The number of hydrogen-bond donors (Lipinski definition) is 1. The number of benzene rings is 2.